The standard InChI is InChI=1S/C32H34N2O5/c1-32(2)12-11-23-17-22(18-29(31(23)39-32)24-19-27(37-3)21-28(20-24)38-4)5-10-30(36)34-15-13-33(14-16-34)25-6-8-26(35)9-7-25/h5-12,17-21,35H,13-16H2,1-4H3/b10-5+. The molecule has 39 heavy (non-hydrogen) atoms. The molecular weight excluding hydrogens is 492 g/mol. The van der Waals surface area contributed by atoms with Gasteiger partial charge >= 0.3 is 0 Å². The Kier molecular flexibility index (Phi) is 7.24. The number of amides is 1. The summed E-state index contributed by atoms with van der Waals surface area (Å²) in [5.74, 6) is 2.39. The quantitative estimate of drug-likeness (QED) is 0.420. The van der Waals surface area contributed by atoms with Gasteiger partial charge in [0.05, 0.1) is 14.2 Å². The second-order valence-electron chi connectivity index (χ2n) is 10.3. The summed E-state index contributed by atoms with van der Waals surface area (Å²) in [6, 6.07) is 17.0. The maximum absolute atomic E-state index is 13.1. The lowest BCUT2D eigenvalue weighted by Crippen LogP contribution is -2.48. The topological polar surface area (TPSA) is 71.5 Å². The number of hydrogen-bond donors (Lipinski definition) is 1. The Morgan fingerprint density at radius 1 is 0.949 bits per heavy atom. The third kappa shape index (κ3) is 5.87. The number of anilines is 1. The van der Waals surface area contributed by atoms with Crippen molar-refractivity contribution in [3.63, 3.8) is 0 Å². The van der Waals surface area contributed by atoms with Gasteiger partial charge in [-0.25, -0.2) is 0 Å². The van der Waals surface area contributed by atoms with Crippen LogP contribution in [0.2, 0.25) is 0 Å². The smallest absolute Gasteiger partial charge is 0.246 e. The van der Waals surface area contributed by atoms with Crippen LogP contribution in [0.25, 0.3) is 23.3 Å². The van der Waals surface area contributed by atoms with Gasteiger partial charge in [0.25, 0.3) is 0 Å². The summed E-state index contributed by atoms with van der Waals surface area (Å²) in [4.78, 5) is 17.2. The molecule has 0 spiro atoms. The number of ether oxygens (including phenoxy) is 3. The summed E-state index contributed by atoms with van der Waals surface area (Å²) in [5, 5.41) is 9.54. The fraction of sp³-hybridized carbons (Fsp3) is 0.281. The van der Waals surface area contributed by atoms with Crippen molar-refractivity contribution in [2.75, 3.05) is 45.3 Å². The largest absolute Gasteiger partial charge is 0.508 e. The molecule has 0 aliphatic carbocycles. The number of carbonyl (C=O) groups is 1. The van der Waals surface area contributed by atoms with Crippen molar-refractivity contribution in [2.24, 2.45) is 0 Å². The highest BCUT2D eigenvalue weighted by Crippen LogP contribution is 2.42. The molecule has 2 aliphatic rings. The number of nitrogens with zero attached hydrogens (tertiary/aromatic N) is 2. The van der Waals surface area contributed by atoms with Gasteiger partial charge < -0.3 is 29.1 Å². The first-order chi connectivity index (χ1) is 18.7. The number of aromatic hydroxyl groups is 1. The zero-order valence-corrected chi connectivity index (χ0v) is 22.8. The Morgan fingerprint density at radius 2 is 1.62 bits per heavy atom. The van der Waals surface area contributed by atoms with Gasteiger partial charge in [-0.3, -0.25) is 4.79 Å². The Morgan fingerprint density at radius 3 is 2.26 bits per heavy atom. The van der Waals surface area contributed by atoms with Crippen LogP contribution in [0.15, 0.2) is 66.7 Å². The molecule has 2 aliphatic heterocycles. The molecule has 1 amide bonds. The summed E-state index contributed by atoms with van der Waals surface area (Å²) in [6.45, 7) is 6.79. The maximum atomic E-state index is 13.1. The Balaban J connectivity index is 1.39. The molecule has 0 aromatic heterocycles. The molecule has 0 saturated carbocycles. The molecule has 0 bridgehead atoms. The molecule has 3 aromatic rings. The first kappa shape index (κ1) is 26.2. The highest BCUT2D eigenvalue weighted by molar-refractivity contribution is 5.93. The van der Waals surface area contributed by atoms with E-state index in [9.17, 15) is 9.90 Å². The van der Waals surface area contributed by atoms with Crippen LogP contribution in [-0.2, 0) is 4.79 Å². The summed E-state index contributed by atoms with van der Waals surface area (Å²) in [7, 11) is 3.26. The van der Waals surface area contributed by atoms with Crippen LogP contribution < -0.4 is 19.1 Å². The first-order valence-corrected chi connectivity index (χ1v) is 13.1. The minimum Gasteiger partial charge on any atom is -0.508 e. The first-order valence-electron chi connectivity index (χ1n) is 13.1. The van der Waals surface area contributed by atoms with Crippen molar-refractivity contribution in [3.05, 3.63) is 77.9 Å². The van der Waals surface area contributed by atoms with Gasteiger partial charge in [0.15, 0.2) is 0 Å². The van der Waals surface area contributed by atoms with E-state index in [2.05, 4.69) is 11.0 Å². The van der Waals surface area contributed by atoms with Gasteiger partial charge in [-0.1, -0.05) is 6.08 Å². The highest BCUT2D eigenvalue weighted by atomic mass is 16.5. The number of phenolic OH excluding ortho intramolecular Hbond substituents is 1. The SMILES string of the molecule is COc1cc(OC)cc(-c2cc(/C=C/C(=O)N3CCN(c4ccc(O)cc4)CC3)cc3c2OC(C)(C)C=C3)c1. The molecule has 0 atom stereocenters. The predicted octanol–water partition coefficient (Wildman–Crippen LogP) is 5.62. The fourth-order valence-electron chi connectivity index (χ4n) is 4.89. The van der Waals surface area contributed by atoms with Crippen LogP contribution in [0.5, 0.6) is 23.0 Å². The lowest BCUT2D eigenvalue weighted by Gasteiger charge is -2.35. The van der Waals surface area contributed by atoms with E-state index in [-0.39, 0.29) is 11.7 Å². The third-order valence-electron chi connectivity index (χ3n) is 7.06. The summed E-state index contributed by atoms with van der Waals surface area (Å²) in [5.41, 5.74) is 4.25. The summed E-state index contributed by atoms with van der Waals surface area (Å²) in [6.07, 6.45) is 7.62. The van der Waals surface area contributed by atoms with Gasteiger partial charge in [-0.05, 0) is 85.7 Å². The molecule has 0 unspecified atom stereocenters. The fourth-order valence-corrected chi connectivity index (χ4v) is 4.89. The van der Waals surface area contributed by atoms with Crippen molar-refractivity contribution >= 4 is 23.7 Å². The van der Waals surface area contributed by atoms with E-state index < -0.39 is 5.60 Å². The summed E-state index contributed by atoms with van der Waals surface area (Å²) < 4.78 is 17.4. The van der Waals surface area contributed by atoms with Crippen molar-refractivity contribution in [2.45, 2.75) is 19.4 Å². The molecule has 1 N–H and O–H groups in total. The zero-order chi connectivity index (χ0) is 27.6. The Bertz CT molecular complexity index is 1390. The van der Waals surface area contributed by atoms with Crippen LogP contribution >= 0.6 is 0 Å². The number of fused-ring (bicyclic) bond motifs is 1. The predicted molar refractivity (Wildman–Crippen MR) is 155 cm³/mol. The molecule has 7 heteroatoms. The molecular formula is C32H34N2O5. The van der Waals surface area contributed by atoms with Gasteiger partial charge in [-0.15, -0.1) is 0 Å². The monoisotopic (exact) mass is 526 g/mol. The molecule has 2 heterocycles. The van der Waals surface area contributed by atoms with Crippen molar-refractivity contribution in [3.8, 4) is 34.1 Å². The molecule has 1 saturated heterocycles. The second-order valence-corrected chi connectivity index (χ2v) is 10.3. The van der Waals surface area contributed by atoms with E-state index in [0.29, 0.717) is 24.6 Å². The van der Waals surface area contributed by atoms with Crippen LogP contribution in [0.3, 0.4) is 0 Å². The molecule has 202 valence electrons. The number of benzene rings is 3. The molecule has 3 aromatic carbocycles. The number of methoxy groups -OCH3 is 2. The van der Waals surface area contributed by atoms with Crippen molar-refractivity contribution in [1.82, 2.24) is 4.90 Å². The van der Waals surface area contributed by atoms with Gasteiger partial charge in [-0.2, -0.15) is 0 Å². The number of piperazine rings is 1. The number of phenols is 1. The zero-order valence-electron chi connectivity index (χ0n) is 22.8. The number of rotatable bonds is 6. The van der Waals surface area contributed by atoms with Crippen LogP contribution in [0.4, 0.5) is 5.69 Å². The lowest BCUT2D eigenvalue weighted by atomic mass is 9.93. The molecule has 0 radical (unpaired) electrons. The maximum Gasteiger partial charge on any atom is 0.246 e. The van der Waals surface area contributed by atoms with Crippen LogP contribution in [-0.4, -0.2) is 61.9 Å². The third-order valence-corrected chi connectivity index (χ3v) is 7.06. The van der Waals surface area contributed by atoms with Crippen LogP contribution in [0, 0.1) is 0 Å². The number of hydrogen-bond acceptors (Lipinski definition) is 6. The average Bonchev–Trinajstić information content (AvgIpc) is 2.95. The van der Waals surface area contributed by atoms with E-state index in [1.807, 2.05) is 73.4 Å². The Hall–Kier alpha value is -4.39. The highest BCUT2D eigenvalue weighted by Gasteiger charge is 2.26. The van der Waals surface area contributed by atoms with E-state index in [1.165, 1.54) is 0 Å². The summed E-state index contributed by atoms with van der Waals surface area (Å²) >= 11 is 0. The normalized spacial score (nSPS) is 16.1. The van der Waals surface area contributed by atoms with Gasteiger partial charge in [0, 0.05) is 55.1 Å². The van der Waals surface area contributed by atoms with Crippen molar-refractivity contribution in [1.29, 1.82) is 0 Å². The molecule has 5 rings (SSSR count). The average molecular weight is 527 g/mol. The Labute approximate surface area is 229 Å². The minimum absolute atomic E-state index is 0.0180. The van der Waals surface area contributed by atoms with Crippen LogP contribution in [0.1, 0.15) is 25.0 Å². The van der Waals surface area contributed by atoms with Gasteiger partial charge in [0.1, 0.15) is 28.6 Å². The van der Waals surface area contributed by atoms with Crippen molar-refractivity contribution < 1.29 is 24.1 Å². The molecule has 1 fully saturated rings. The second kappa shape index (κ2) is 10.8. The van der Waals surface area contributed by atoms with E-state index >= 15 is 0 Å². The minimum atomic E-state index is -0.444. The van der Waals surface area contributed by atoms with E-state index in [4.69, 9.17) is 14.2 Å². The lowest BCUT2D eigenvalue weighted by molar-refractivity contribution is -0.126. The van der Waals surface area contributed by atoms with E-state index in [0.717, 1.165) is 46.8 Å². The van der Waals surface area contributed by atoms with E-state index in [1.54, 1.807) is 32.4 Å². The van der Waals surface area contributed by atoms with Gasteiger partial charge in [0.2, 0.25) is 5.91 Å². The molecule has 7 nitrogen and oxygen atoms in total. The number of carbonyl (C=O) groups excluding carboxylic acids is 1.